The van der Waals surface area contributed by atoms with E-state index in [1.165, 1.54) is 12.1 Å². The molecule has 0 unspecified atom stereocenters. The molecule has 8 nitrogen and oxygen atoms in total. The van der Waals surface area contributed by atoms with Crippen molar-refractivity contribution in [3.63, 3.8) is 0 Å². The van der Waals surface area contributed by atoms with Crippen LogP contribution in [0.15, 0.2) is 40.8 Å². The van der Waals surface area contributed by atoms with Gasteiger partial charge in [0.2, 0.25) is 0 Å². The first-order chi connectivity index (χ1) is 11.6. The highest BCUT2D eigenvalue weighted by molar-refractivity contribution is 7.13. The van der Waals surface area contributed by atoms with Crippen LogP contribution in [-0.4, -0.2) is 46.9 Å². The Bertz CT molecular complexity index is 708. The lowest BCUT2D eigenvalue weighted by Crippen LogP contribution is -2.51. The predicted octanol–water partition coefficient (Wildman–Crippen LogP) is 1.69. The molecule has 0 radical (unpaired) electrons. The van der Waals surface area contributed by atoms with E-state index in [0.29, 0.717) is 12.5 Å². The Labute approximate surface area is 143 Å². The fraction of sp³-hybridized carbons (Fsp3) is 0.333. The van der Waals surface area contributed by atoms with Crippen LogP contribution in [0.2, 0.25) is 0 Å². The molecule has 1 fully saturated rings. The van der Waals surface area contributed by atoms with Gasteiger partial charge in [-0.2, -0.15) is 0 Å². The number of piperazine rings is 1. The van der Waals surface area contributed by atoms with Gasteiger partial charge in [0.1, 0.15) is 0 Å². The van der Waals surface area contributed by atoms with Gasteiger partial charge >= 0.3 is 0 Å². The molecule has 2 aromatic rings. The number of hydrogen-bond donors (Lipinski definition) is 1. The second kappa shape index (κ2) is 7.26. The zero-order chi connectivity index (χ0) is 16.9. The maximum absolute atomic E-state index is 10.6. The summed E-state index contributed by atoms with van der Waals surface area (Å²) in [6, 6.07) is 6.37. The maximum atomic E-state index is 10.6. The van der Waals surface area contributed by atoms with Crippen LogP contribution in [0.4, 0.5) is 10.8 Å². The van der Waals surface area contributed by atoms with E-state index in [2.05, 4.69) is 19.8 Å². The van der Waals surface area contributed by atoms with Crippen molar-refractivity contribution < 1.29 is 4.92 Å². The summed E-state index contributed by atoms with van der Waals surface area (Å²) in [4.78, 5) is 23.2. The molecular weight excluding hydrogens is 328 g/mol. The Morgan fingerprint density at radius 3 is 2.58 bits per heavy atom. The summed E-state index contributed by atoms with van der Waals surface area (Å²) in [6.45, 7) is 3.74. The second-order valence-electron chi connectivity index (χ2n) is 5.39. The van der Waals surface area contributed by atoms with Gasteiger partial charge in [-0.3, -0.25) is 10.1 Å². The van der Waals surface area contributed by atoms with Crippen molar-refractivity contribution in [1.29, 1.82) is 0 Å². The van der Waals surface area contributed by atoms with E-state index in [1.807, 2.05) is 11.6 Å². The van der Waals surface area contributed by atoms with Crippen molar-refractivity contribution >= 4 is 28.1 Å². The minimum absolute atomic E-state index is 0.0778. The fourth-order valence-corrected chi connectivity index (χ4v) is 3.19. The van der Waals surface area contributed by atoms with Crippen LogP contribution in [0.5, 0.6) is 0 Å². The number of aliphatic imine (C=N–C) groups is 1. The highest BCUT2D eigenvalue weighted by Gasteiger charge is 2.19. The lowest BCUT2D eigenvalue weighted by Gasteiger charge is -2.35. The van der Waals surface area contributed by atoms with Crippen LogP contribution in [-0.2, 0) is 6.54 Å². The first kappa shape index (κ1) is 16.2. The number of hydrogen-bond acceptors (Lipinski definition) is 6. The van der Waals surface area contributed by atoms with Crippen molar-refractivity contribution in [3.8, 4) is 0 Å². The van der Waals surface area contributed by atoms with E-state index in [1.54, 1.807) is 23.5 Å². The van der Waals surface area contributed by atoms with E-state index >= 15 is 0 Å². The maximum Gasteiger partial charge on any atom is 0.269 e. The van der Waals surface area contributed by atoms with Crippen LogP contribution >= 0.6 is 11.3 Å². The Morgan fingerprint density at radius 2 is 2.00 bits per heavy atom. The lowest BCUT2D eigenvalue weighted by molar-refractivity contribution is -0.384. The molecule has 1 aromatic carbocycles. The number of nitrogens with two attached hydrogens (primary N) is 1. The SMILES string of the molecule is NC(=NCc1ccc([N+](=O)[O-])cc1)N1CCN(c2nccs2)CC1. The van der Waals surface area contributed by atoms with Crippen molar-refractivity contribution in [3.05, 3.63) is 51.5 Å². The van der Waals surface area contributed by atoms with Crippen molar-refractivity contribution in [1.82, 2.24) is 9.88 Å². The van der Waals surface area contributed by atoms with Gasteiger partial charge in [0.15, 0.2) is 11.1 Å². The third-order valence-corrected chi connectivity index (χ3v) is 4.70. The van der Waals surface area contributed by atoms with Gasteiger partial charge in [0, 0.05) is 49.9 Å². The summed E-state index contributed by atoms with van der Waals surface area (Å²) < 4.78 is 0. The number of nitro benzene ring substituents is 1. The monoisotopic (exact) mass is 346 g/mol. The number of guanidine groups is 1. The third-order valence-electron chi connectivity index (χ3n) is 3.86. The summed E-state index contributed by atoms with van der Waals surface area (Å²) in [6.07, 6.45) is 1.81. The molecule has 1 aliphatic rings. The molecule has 0 amide bonds. The second-order valence-corrected chi connectivity index (χ2v) is 6.26. The lowest BCUT2D eigenvalue weighted by atomic mass is 10.2. The molecule has 0 saturated carbocycles. The minimum atomic E-state index is -0.413. The number of thiazole rings is 1. The van der Waals surface area contributed by atoms with Crippen LogP contribution < -0.4 is 10.6 Å². The fourth-order valence-electron chi connectivity index (χ4n) is 2.49. The van der Waals surface area contributed by atoms with Crippen LogP contribution in [0.1, 0.15) is 5.56 Å². The molecule has 0 aliphatic carbocycles. The topological polar surface area (TPSA) is 101 Å². The first-order valence-corrected chi connectivity index (χ1v) is 8.44. The van der Waals surface area contributed by atoms with E-state index in [9.17, 15) is 10.1 Å². The van der Waals surface area contributed by atoms with Crippen molar-refractivity contribution in [2.75, 3.05) is 31.1 Å². The Morgan fingerprint density at radius 1 is 1.29 bits per heavy atom. The first-order valence-electron chi connectivity index (χ1n) is 7.56. The van der Waals surface area contributed by atoms with Gasteiger partial charge in [-0.15, -0.1) is 11.3 Å². The molecule has 2 N–H and O–H groups in total. The van der Waals surface area contributed by atoms with E-state index in [4.69, 9.17) is 5.73 Å². The predicted molar refractivity (Wildman–Crippen MR) is 94.3 cm³/mol. The molecule has 9 heteroatoms. The number of nitrogens with zero attached hydrogens (tertiary/aromatic N) is 5. The molecule has 0 atom stereocenters. The average molecular weight is 346 g/mol. The molecule has 3 rings (SSSR count). The zero-order valence-corrected chi connectivity index (χ0v) is 13.9. The van der Waals surface area contributed by atoms with Crippen molar-refractivity contribution in [2.45, 2.75) is 6.54 Å². The molecule has 1 aromatic heterocycles. The highest BCUT2D eigenvalue weighted by Crippen LogP contribution is 2.19. The van der Waals surface area contributed by atoms with Gasteiger partial charge in [-0.25, -0.2) is 9.98 Å². The average Bonchev–Trinajstić information content (AvgIpc) is 3.15. The molecule has 0 bridgehead atoms. The minimum Gasteiger partial charge on any atom is -0.370 e. The molecule has 24 heavy (non-hydrogen) atoms. The van der Waals surface area contributed by atoms with Gasteiger partial charge < -0.3 is 15.5 Å². The molecular formula is C15H18N6O2S. The van der Waals surface area contributed by atoms with Gasteiger partial charge in [-0.1, -0.05) is 12.1 Å². The van der Waals surface area contributed by atoms with E-state index in [-0.39, 0.29) is 5.69 Å². The van der Waals surface area contributed by atoms with Crippen LogP contribution in [0.25, 0.3) is 0 Å². The number of non-ortho nitro benzene ring substituents is 1. The smallest absolute Gasteiger partial charge is 0.269 e. The van der Waals surface area contributed by atoms with Gasteiger partial charge in [0.05, 0.1) is 11.5 Å². The quantitative estimate of drug-likeness (QED) is 0.391. The van der Waals surface area contributed by atoms with Crippen LogP contribution in [0, 0.1) is 10.1 Å². The Balaban J connectivity index is 1.54. The molecule has 2 heterocycles. The number of benzene rings is 1. The van der Waals surface area contributed by atoms with Crippen LogP contribution in [0.3, 0.4) is 0 Å². The molecule has 1 aliphatic heterocycles. The summed E-state index contributed by atoms with van der Waals surface area (Å²) in [5.74, 6) is 0.507. The Kier molecular flexibility index (Phi) is 4.90. The largest absolute Gasteiger partial charge is 0.370 e. The zero-order valence-electron chi connectivity index (χ0n) is 13.0. The van der Waals surface area contributed by atoms with Gasteiger partial charge in [-0.05, 0) is 5.56 Å². The summed E-state index contributed by atoms with van der Waals surface area (Å²) in [5, 5.41) is 13.7. The summed E-state index contributed by atoms with van der Waals surface area (Å²) in [5.41, 5.74) is 7.05. The standard InChI is InChI=1S/C15H18N6O2S/c16-14(18-11-12-1-3-13(4-2-12)21(22)23)19-6-8-20(9-7-19)15-17-5-10-24-15/h1-5,10H,6-9,11H2,(H2,16,18). The number of anilines is 1. The summed E-state index contributed by atoms with van der Waals surface area (Å²) in [7, 11) is 0. The highest BCUT2D eigenvalue weighted by atomic mass is 32.1. The normalized spacial score (nSPS) is 15.6. The van der Waals surface area contributed by atoms with Crippen molar-refractivity contribution in [2.24, 2.45) is 10.7 Å². The number of nitro groups is 1. The molecule has 0 spiro atoms. The molecule has 126 valence electrons. The summed E-state index contributed by atoms with van der Waals surface area (Å²) >= 11 is 1.64. The Hall–Kier alpha value is -2.68. The van der Waals surface area contributed by atoms with Gasteiger partial charge in [0.25, 0.3) is 5.69 Å². The third kappa shape index (κ3) is 3.80. The number of aromatic nitrogens is 1. The molecule has 1 saturated heterocycles. The van der Waals surface area contributed by atoms with E-state index < -0.39 is 4.92 Å². The number of rotatable bonds is 4. The van der Waals surface area contributed by atoms with E-state index in [0.717, 1.165) is 36.9 Å².